The number of thioether (sulfide) groups is 1. The fourth-order valence-corrected chi connectivity index (χ4v) is 1.27. The summed E-state index contributed by atoms with van der Waals surface area (Å²) in [5.41, 5.74) is 0. The Labute approximate surface area is 55.5 Å². The van der Waals surface area contributed by atoms with Gasteiger partial charge in [-0.2, -0.15) is 0 Å². The smallest absolute Gasteiger partial charge is 0.165 e. The summed E-state index contributed by atoms with van der Waals surface area (Å²) in [6, 6.07) is 0. The van der Waals surface area contributed by atoms with Gasteiger partial charge in [0.25, 0.3) is 0 Å². The van der Waals surface area contributed by atoms with Gasteiger partial charge < -0.3 is 9.42 Å². The highest BCUT2D eigenvalue weighted by Crippen LogP contribution is 2.26. The molecule has 1 N–H and O–H groups in total. The first-order chi connectivity index (χ1) is 3.77. The maximum atomic E-state index is 8.61. The van der Waals surface area contributed by atoms with Crippen LogP contribution in [0.2, 0.25) is 0 Å². The minimum atomic E-state index is -1.13. The molecule has 1 unspecified atom stereocenters. The van der Waals surface area contributed by atoms with Crippen molar-refractivity contribution in [2.45, 2.75) is 6.92 Å². The average Bonchev–Trinajstić information content (AvgIpc) is 1.66. The van der Waals surface area contributed by atoms with Crippen LogP contribution >= 0.6 is 20.1 Å². The summed E-state index contributed by atoms with van der Waals surface area (Å²) in [5.74, 6) is 1.67. The summed E-state index contributed by atoms with van der Waals surface area (Å²) >= 11 is 1.67. The van der Waals surface area contributed by atoms with E-state index >= 15 is 0 Å². The molecule has 1 atom stereocenters. The van der Waals surface area contributed by atoms with Crippen molar-refractivity contribution in [2.75, 3.05) is 18.4 Å². The summed E-state index contributed by atoms with van der Waals surface area (Å²) in [4.78, 5) is 8.61. The SMILES string of the molecule is CCSCOP(C)O. The normalized spacial score (nSPS) is 13.9. The van der Waals surface area contributed by atoms with Gasteiger partial charge in [-0.3, -0.25) is 0 Å². The Bertz CT molecular complexity index is 51.3. The molecule has 0 aromatic rings. The highest BCUT2D eigenvalue weighted by Gasteiger charge is 1.91. The lowest BCUT2D eigenvalue weighted by Crippen LogP contribution is -1.81. The zero-order valence-electron chi connectivity index (χ0n) is 5.13. The molecule has 0 aliphatic carbocycles. The minimum absolute atomic E-state index is 0.620. The molecule has 4 heteroatoms. The number of rotatable bonds is 4. The Kier molecular flexibility index (Phi) is 6.34. The van der Waals surface area contributed by atoms with Crippen LogP contribution in [-0.4, -0.2) is 23.3 Å². The topological polar surface area (TPSA) is 29.5 Å². The van der Waals surface area contributed by atoms with Crippen LogP contribution in [0.4, 0.5) is 0 Å². The highest BCUT2D eigenvalue weighted by atomic mass is 32.2. The van der Waals surface area contributed by atoms with Gasteiger partial charge in [0, 0.05) is 6.66 Å². The predicted octanol–water partition coefficient (Wildman–Crippen LogP) is 1.65. The van der Waals surface area contributed by atoms with E-state index < -0.39 is 8.38 Å². The predicted molar refractivity (Wildman–Crippen MR) is 39.1 cm³/mol. The minimum Gasteiger partial charge on any atom is -0.350 e. The van der Waals surface area contributed by atoms with Crippen LogP contribution in [0, 0.1) is 0 Å². The average molecular weight is 154 g/mol. The third-order valence-corrected chi connectivity index (χ3v) is 1.90. The van der Waals surface area contributed by atoms with Crippen molar-refractivity contribution in [3.63, 3.8) is 0 Å². The second kappa shape index (κ2) is 5.83. The van der Waals surface area contributed by atoms with Gasteiger partial charge >= 0.3 is 0 Å². The van der Waals surface area contributed by atoms with Crippen molar-refractivity contribution in [3.8, 4) is 0 Å². The first-order valence-corrected chi connectivity index (χ1v) is 5.22. The Morgan fingerprint density at radius 3 is 2.75 bits per heavy atom. The highest BCUT2D eigenvalue weighted by molar-refractivity contribution is 7.99. The van der Waals surface area contributed by atoms with Gasteiger partial charge in [0.2, 0.25) is 0 Å². The zero-order valence-corrected chi connectivity index (χ0v) is 6.84. The van der Waals surface area contributed by atoms with Gasteiger partial charge in [-0.05, 0) is 5.75 Å². The lowest BCUT2D eigenvalue weighted by molar-refractivity contribution is 0.379. The van der Waals surface area contributed by atoms with Crippen LogP contribution in [0.3, 0.4) is 0 Å². The summed E-state index contributed by atoms with van der Waals surface area (Å²) < 4.78 is 4.87. The van der Waals surface area contributed by atoms with Gasteiger partial charge in [-0.1, -0.05) is 6.92 Å². The molecule has 50 valence electrons. The summed E-state index contributed by atoms with van der Waals surface area (Å²) in [7, 11) is -1.13. The maximum absolute atomic E-state index is 8.61. The molecular weight excluding hydrogens is 143 g/mol. The lowest BCUT2D eigenvalue weighted by Gasteiger charge is -2.02. The number of hydrogen-bond acceptors (Lipinski definition) is 3. The molecule has 2 nitrogen and oxygen atoms in total. The van der Waals surface area contributed by atoms with Gasteiger partial charge in [-0.15, -0.1) is 11.8 Å². The molecule has 0 rings (SSSR count). The van der Waals surface area contributed by atoms with E-state index in [1.54, 1.807) is 18.4 Å². The molecule has 0 saturated heterocycles. The van der Waals surface area contributed by atoms with E-state index in [1.165, 1.54) is 0 Å². The quantitative estimate of drug-likeness (QED) is 0.379. The molecule has 0 radical (unpaired) electrons. The lowest BCUT2D eigenvalue weighted by atomic mass is 11.0. The van der Waals surface area contributed by atoms with Crippen molar-refractivity contribution in [1.82, 2.24) is 0 Å². The number of hydrogen-bond donors (Lipinski definition) is 1. The van der Waals surface area contributed by atoms with Crippen molar-refractivity contribution < 1.29 is 9.42 Å². The summed E-state index contributed by atoms with van der Waals surface area (Å²) in [5, 5.41) is 0. The largest absolute Gasteiger partial charge is 0.350 e. The molecule has 0 saturated carbocycles. The van der Waals surface area contributed by atoms with Crippen LogP contribution in [-0.2, 0) is 4.52 Å². The van der Waals surface area contributed by atoms with Crippen LogP contribution in [0.1, 0.15) is 6.92 Å². The maximum Gasteiger partial charge on any atom is 0.165 e. The standard InChI is InChI=1S/C4H11O2PS/c1-3-8-4-6-7(2)5/h5H,3-4H2,1-2H3. The molecule has 8 heavy (non-hydrogen) atoms. The van der Waals surface area contributed by atoms with Gasteiger partial charge in [0.1, 0.15) is 0 Å². The fraction of sp³-hybridized carbons (Fsp3) is 1.00. The molecule has 0 aromatic carbocycles. The molecule has 0 aromatic heterocycles. The molecule has 0 aliphatic heterocycles. The van der Waals surface area contributed by atoms with Crippen molar-refractivity contribution in [1.29, 1.82) is 0 Å². The van der Waals surface area contributed by atoms with Crippen LogP contribution in [0.15, 0.2) is 0 Å². The molecule has 0 amide bonds. The van der Waals surface area contributed by atoms with E-state index in [2.05, 4.69) is 6.92 Å². The molecule has 0 aliphatic rings. The molecule has 0 fully saturated rings. The molecule has 0 heterocycles. The van der Waals surface area contributed by atoms with Gasteiger partial charge in [0.15, 0.2) is 8.38 Å². The first-order valence-electron chi connectivity index (χ1n) is 2.40. The Hall–Kier alpha value is 0.700. The Balaban J connectivity index is 2.72. The zero-order chi connectivity index (χ0) is 6.41. The van der Waals surface area contributed by atoms with E-state index in [0.717, 1.165) is 5.75 Å². The van der Waals surface area contributed by atoms with E-state index in [4.69, 9.17) is 9.42 Å². The first kappa shape index (κ1) is 8.70. The second-order valence-electron chi connectivity index (χ2n) is 1.20. The molecule has 0 spiro atoms. The van der Waals surface area contributed by atoms with E-state index in [-0.39, 0.29) is 0 Å². The summed E-state index contributed by atoms with van der Waals surface area (Å²) in [6.45, 7) is 3.73. The van der Waals surface area contributed by atoms with Gasteiger partial charge in [-0.25, -0.2) is 0 Å². The molecular formula is C4H11O2PS. The van der Waals surface area contributed by atoms with Crippen LogP contribution in [0.5, 0.6) is 0 Å². The fourth-order valence-electron chi connectivity index (χ4n) is 0.197. The monoisotopic (exact) mass is 154 g/mol. The van der Waals surface area contributed by atoms with Crippen molar-refractivity contribution in [3.05, 3.63) is 0 Å². The molecule has 0 bridgehead atoms. The van der Waals surface area contributed by atoms with Crippen molar-refractivity contribution >= 4 is 20.1 Å². The van der Waals surface area contributed by atoms with Crippen LogP contribution < -0.4 is 0 Å². The van der Waals surface area contributed by atoms with Crippen LogP contribution in [0.25, 0.3) is 0 Å². The Morgan fingerprint density at radius 1 is 1.75 bits per heavy atom. The van der Waals surface area contributed by atoms with Gasteiger partial charge in [0.05, 0.1) is 5.94 Å². The third kappa shape index (κ3) is 6.70. The summed E-state index contributed by atoms with van der Waals surface area (Å²) in [6.07, 6.45) is 0. The second-order valence-corrected chi connectivity index (χ2v) is 3.61. The van der Waals surface area contributed by atoms with E-state index in [0.29, 0.717) is 5.94 Å². The van der Waals surface area contributed by atoms with E-state index in [9.17, 15) is 0 Å². The third-order valence-electron chi connectivity index (χ3n) is 0.527. The Morgan fingerprint density at radius 2 is 2.38 bits per heavy atom. The van der Waals surface area contributed by atoms with E-state index in [1.807, 2.05) is 0 Å². The van der Waals surface area contributed by atoms with Crippen molar-refractivity contribution in [2.24, 2.45) is 0 Å².